The van der Waals surface area contributed by atoms with Gasteiger partial charge in [0.15, 0.2) is 0 Å². The molecular weight excluding hydrogens is 436 g/mol. The minimum absolute atomic E-state index is 0.368. The molecule has 0 aromatic heterocycles. The van der Waals surface area contributed by atoms with E-state index in [1.165, 1.54) is 53.7 Å². The van der Waals surface area contributed by atoms with Gasteiger partial charge in [0, 0.05) is 24.5 Å². The third kappa shape index (κ3) is 4.89. The summed E-state index contributed by atoms with van der Waals surface area (Å²) in [5.41, 5.74) is 7.08. The molecule has 3 fully saturated rings. The van der Waals surface area contributed by atoms with Crippen LogP contribution in [-0.4, -0.2) is 30.1 Å². The summed E-state index contributed by atoms with van der Waals surface area (Å²) in [6, 6.07) is 43.1. The molecule has 1 N–H and O–H groups in total. The lowest BCUT2D eigenvalue weighted by atomic mass is 9.70. The maximum absolute atomic E-state index is 4.12. The van der Waals surface area contributed by atoms with Gasteiger partial charge in [-0.1, -0.05) is 115 Å². The van der Waals surface area contributed by atoms with Gasteiger partial charge in [0.1, 0.15) is 0 Å². The number of hydrogen-bond donors (Lipinski definition) is 1. The molecule has 2 bridgehead atoms. The Kier molecular flexibility index (Phi) is 6.98. The molecule has 182 valence electrons. The third-order valence-electron chi connectivity index (χ3n) is 8.41. The zero-order valence-corrected chi connectivity index (χ0v) is 21.0. The highest BCUT2D eigenvalue weighted by molar-refractivity contribution is 5.37. The molecule has 0 radical (unpaired) electrons. The quantitative estimate of drug-likeness (QED) is 0.308. The Labute approximate surface area is 216 Å². The van der Waals surface area contributed by atoms with Gasteiger partial charge in [-0.05, 0) is 66.1 Å². The number of benzene rings is 4. The topological polar surface area (TPSA) is 15.3 Å². The predicted octanol–water partition coefficient (Wildman–Crippen LogP) is 6.66. The van der Waals surface area contributed by atoms with Crippen LogP contribution < -0.4 is 5.32 Å². The minimum atomic E-state index is 0.368. The average Bonchev–Trinajstić information content (AvgIpc) is 2.95. The number of rotatable bonds is 8. The molecule has 0 saturated carbocycles. The van der Waals surface area contributed by atoms with Gasteiger partial charge in [-0.3, -0.25) is 4.90 Å². The molecule has 3 aliphatic heterocycles. The van der Waals surface area contributed by atoms with Crippen LogP contribution in [0.3, 0.4) is 0 Å². The number of nitrogens with zero attached hydrogens (tertiary/aromatic N) is 1. The van der Waals surface area contributed by atoms with Crippen LogP contribution in [0.15, 0.2) is 115 Å². The van der Waals surface area contributed by atoms with Crippen LogP contribution >= 0.6 is 0 Å². The van der Waals surface area contributed by atoms with E-state index in [1.54, 1.807) is 0 Å². The van der Waals surface area contributed by atoms with Crippen molar-refractivity contribution in [1.29, 1.82) is 0 Å². The molecule has 0 aliphatic carbocycles. The zero-order valence-electron chi connectivity index (χ0n) is 21.0. The molecule has 0 amide bonds. The second-order valence-corrected chi connectivity index (χ2v) is 10.5. The summed E-state index contributed by atoms with van der Waals surface area (Å²) in [6.45, 7) is 3.35. The third-order valence-corrected chi connectivity index (χ3v) is 8.41. The highest BCUT2D eigenvalue weighted by atomic mass is 15.2. The van der Waals surface area contributed by atoms with Crippen molar-refractivity contribution in [2.24, 2.45) is 5.92 Å². The monoisotopic (exact) mass is 472 g/mol. The summed E-state index contributed by atoms with van der Waals surface area (Å²) >= 11 is 0. The Bertz CT molecular complexity index is 1190. The van der Waals surface area contributed by atoms with E-state index in [-0.39, 0.29) is 0 Å². The summed E-state index contributed by atoms with van der Waals surface area (Å²) < 4.78 is 0. The van der Waals surface area contributed by atoms with Crippen molar-refractivity contribution in [2.45, 2.75) is 43.8 Å². The largest absolute Gasteiger partial charge is 0.308 e. The number of hydrogen-bond acceptors (Lipinski definition) is 2. The number of fused-ring (bicyclic) bond motifs is 3. The van der Waals surface area contributed by atoms with Crippen molar-refractivity contribution >= 4 is 0 Å². The fourth-order valence-electron chi connectivity index (χ4n) is 6.64. The highest BCUT2D eigenvalue weighted by Crippen LogP contribution is 2.42. The van der Waals surface area contributed by atoms with Crippen LogP contribution in [0.4, 0.5) is 0 Å². The molecule has 0 unspecified atom stereocenters. The lowest BCUT2D eigenvalue weighted by molar-refractivity contribution is 0.00466. The van der Waals surface area contributed by atoms with Crippen molar-refractivity contribution in [3.8, 4) is 0 Å². The molecule has 0 spiro atoms. The summed E-state index contributed by atoms with van der Waals surface area (Å²) in [4.78, 5) is 2.78. The zero-order chi connectivity index (χ0) is 24.2. The fourth-order valence-corrected chi connectivity index (χ4v) is 6.64. The van der Waals surface area contributed by atoms with Gasteiger partial charge in [0.2, 0.25) is 0 Å². The molecule has 7 rings (SSSR count). The molecular formula is C34H36N2. The molecule has 2 nitrogen and oxygen atoms in total. The first-order valence-electron chi connectivity index (χ1n) is 13.5. The standard InChI is InChI=1S/C34H36N2/c1-4-12-26(13-5-1)24-30-18-10-11-19-31(30)25-35-33-29-20-22-36(23-21-29)34(33)32(27-14-6-2-7-15-27)28-16-8-3-9-17-28/h1-19,29,32-35H,20-25H2/t33-,34+/m1/s1. The van der Waals surface area contributed by atoms with Crippen LogP contribution in [0.5, 0.6) is 0 Å². The molecule has 3 heterocycles. The van der Waals surface area contributed by atoms with Crippen LogP contribution in [0.1, 0.15) is 46.6 Å². The van der Waals surface area contributed by atoms with Crippen LogP contribution in [0.2, 0.25) is 0 Å². The van der Waals surface area contributed by atoms with E-state index < -0.39 is 0 Å². The Hall–Kier alpha value is -3.20. The van der Waals surface area contributed by atoms with Crippen LogP contribution in [0, 0.1) is 5.92 Å². The van der Waals surface area contributed by atoms with Gasteiger partial charge in [-0.2, -0.15) is 0 Å². The second kappa shape index (κ2) is 10.8. The summed E-state index contributed by atoms with van der Waals surface area (Å²) in [6.07, 6.45) is 3.59. The van der Waals surface area contributed by atoms with Crippen LogP contribution in [0.25, 0.3) is 0 Å². The first kappa shape index (κ1) is 23.2. The fraction of sp³-hybridized carbons (Fsp3) is 0.294. The molecule has 4 aromatic rings. The van der Waals surface area contributed by atoms with E-state index in [0.717, 1.165) is 18.9 Å². The van der Waals surface area contributed by atoms with Gasteiger partial charge in [0.25, 0.3) is 0 Å². The summed E-state index contributed by atoms with van der Waals surface area (Å²) in [7, 11) is 0. The first-order chi connectivity index (χ1) is 17.9. The molecule has 3 saturated heterocycles. The highest BCUT2D eigenvalue weighted by Gasteiger charge is 2.46. The van der Waals surface area contributed by atoms with Crippen molar-refractivity contribution in [1.82, 2.24) is 10.2 Å². The van der Waals surface area contributed by atoms with Crippen molar-refractivity contribution in [3.05, 3.63) is 143 Å². The van der Waals surface area contributed by atoms with E-state index in [1.807, 2.05) is 0 Å². The van der Waals surface area contributed by atoms with Gasteiger partial charge >= 0.3 is 0 Å². The maximum atomic E-state index is 4.12. The summed E-state index contributed by atoms with van der Waals surface area (Å²) in [5.74, 6) is 1.10. The van der Waals surface area contributed by atoms with Crippen molar-refractivity contribution < 1.29 is 0 Å². The van der Waals surface area contributed by atoms with Crippen molar-refractivity contribution in [3.63, 3.8) is 0 Å². The lowest BCUT2D eigenvalue weighted by Crippen LogP contribution is -2.64. The Balaban J connectivity index is 1.30. The normalized spacial score (nSPS) is 23.1. The Morgan fingerprint density at radius 2 is 1.17 bits per heavy atom. The van der Waals surface area contributed by atoms with E-state index >= 15 is 0 Å². The SMILES string of the molecule is c1ccc(Cc2ccccc2CN[C@@H]2C3CCN(CC3)[C@H]2C(c2ccccc2)c2ccccc2)cc1. The molecule has 2 atom stereocenters. The Morgan fingerprint density at radius 1 is 0.639 bits per heavy atom. The summed E-state index contributed by atoms with van der Waals surface area (Å²) in [5, 5.41) is 4.12. The van der Waals surface area contributed by atoms with E-state index in [4.69, 9.17) is 0 Å². The van der Waals surface area contributed by atoms with E-state index in [2.05, 4.69) is 125 Å². The molecule has 36 heavy (non-hydrogen) atoms. The van der Waals surface area contributed by atoms with Gasteiger partial charge in [0.05, 0.1) is 0 Å². The lowest BCUT2D eigenvalue weighted by Gasteiger charge is -2.54. The minimum Gasteiger partial charge on any atom is -0.308 e. The van der Waals surface area contributed by atoms with Gasteiger partial charge < -0.3 is 5.32 Å². The second-order valence-electron chi connectivity index (χ2n) is 10.5. The number of piperidine rings is 3. The smallest absolute Gasteiger partial charge is 0.0361 e. The average molecular weight is 473 g/mol. The predicted molar refractivity (Wildman–Crippen MR) is 149 cm³/mol. The van der Waals surface area contributed by atoms with Crippen molar-refractivity contribution in [2.75, 3.05) is 13.1 Å². The molecule has 2 heteroatoms. The first-order valence-corrected chi connectivity index (χ1v) is 13.5. The Morgan fingerprint density at radius 3 is 1.78 bits per heavy atom. The number of nitrogens with one attached hydrogen (secondary N) is 1. The molecule has 4 aromatic carbocycles. The van der Waals surface area contributed by atoms with Crippen LogP contribution in [-0.2, 0) is 13.0 Å². The van der Waals surface area contributed by atoms with Gasteiger partial charge in [-0.15, -0.1) is 0 Å². The van der Waals surface area contributed by atoms with E-state index in [0.29, 0.717) is 18.0 Å². The maximum Gasteiger partial charge on any atom is 0.0361 e. The van der Waals surface area contributed by atoms with Gasteiger partial charge in [-0.25, -0.2) is 0 Å². The van der Waals surface area contributed by atoms with E-state index in [9.17, 15) is 0 Å². The molecule has 3 aliphatic rings.